The van der Waals surface area contributed by atoms with Crippen molar-refractivity contribution in [2.24, 2.45) is 11.8 Å². The van der Waals surface area contributed by atoms with E-state index in [0.717, 1.165) is 51.6 Å². The molecule has 3 aliphatic rings. The number of carbonyl (C=O) groups is 2. The Morgan fingerprint density at radius 3 is 2.28 bits per heavy atom. The van der Waals surface area contributed by atoms with E-state index in [1.807, 2.05) is 4.90 Å². The summed E-state index contributed by atoms with van der Waals surface area (Å²) in [6, 6.07) is 5.88. The molecular weight excluding hydrogens is 369 g/mol. The number of amides is 2. The van der Waals surface area contributed by atoms with E-state index in [1.54, 1.807) is 12.1 Å². The van der Waals surface area contributed by atoms with Gasteiger partial charge in [0.25, 0.3) is 0 Å². The SMILES string of the molecule is O=C(Nc1cccc(F)c1)[C@H](C1CCCC1)N1CCN(C(=O)C2CCCC2)CC1. The second-order valence-corrected chi connectivity index (χ2v) is 8.83. The number of carbonyl (C=O) groups excluding carboxylic acids is 2. The maximum absolute atomic E-state index is 13.5. The van der Waals surface area contributed by atoms with Crippen LogP contribution in [0.4, 0.5) is 10.1 Å². The quantitative estimate of drug-likeness (QED) is 0.819. The fourth-order valence-electron chi connectivity index (χ4n) is 5.39. The average Bonchev–Trinajstić information content (AvgIpc) is 3.43. The Bertz CT molecular complexity index is 721. The van der Waals surface area contributed by atoms with Crippen molar-refractivity contribution in [2.75, 3.05) is 31.5 Å². The van der Waals surface area contributed by atoms with Crippen molar-refractivity contribution in [3.63, 3.8) is 0 Å². The minimum Gasteiger partial charge on any atom is -0.340 e. The van der Waals surface area contributed by atoms with Gasteiger partial charge in [-0.1, -0.05) is 31.7 Å². The number of nitrogens with one attached hydrogen (secondary N) is 1. The highest BCUT2D eigenvalue weighted by molar-refractivity contribution is 5.95. The van der Waals surface area contributed by atoms with E-state index in [9.17, 15) is 14.0 Å². The molecule has 4 rings (SSSR count). The van der Waals surface area contributed by atoms with Gasteiger partial charge in [-0.15, -0.1) is 0 Å². The van der Waals surface area contributed by atoms with Crippen molar-refractivity contribution in [2.45, 2.75) is 57.4 Å². The van der Waals surface area contributed by atoms with Gasteiger partial charge in [0, 0.05) is 37.8 Å². The zero-order valence-corrected chi connectivity index (χ0v) is 17.1. The number of rotatable bonds is 5. The lowest BCUT2D eigenvalue weighted by molar-refractivity contribution is -0.138. The molecule has 1 heterocycles. The maximum atomic E-state index is 13.5. The zero-order chi connectivity index (χ0) is 20.2. The van der Waals surface area contributed by atoms with Crippen LogP contribution in [-0.2, 0) is 9.59 Å². The third kappa shape index (κ3) is 4.80. The van der Waals surface area contributed by atoms with Crippen molar-refractivity contribution in [1.29, 1.82) is 0 Å². The first-order valence-electron chi connectivity index (χ1n) is 11.2. The van der Waals surface area contributed by atoms with E-state index in [-0.39, 0.29) is 23.7 Å². The molecule has 6 heteroatoms. The molecule has 0 aromatic heterocycles. The van der Waals surface area contributed by atoms with Crippen LogP contribution in [0.25, 0.3) is 0 Å². The molecule has 1 aliphatic heterocycles. The van der Waals surface area contributed by atoms with Crippen molar-refractivity contribution in [1.82, 2.24) is 9.80 Å². The van der Waals surface area contributed by atoms with Gasteiger partial charge in [-0.3, -0.25) is 14.5 Å². The highest BCUT2D eigenvalue weighted by atomic mass is 19.1. The first-order valence-corrected chi connectivity index (χ1v) is 11.2. The lowest BCUT2D eigenvalue weighted by Gasteiger charge is -2.41. The van der Waals surface area contributed by atoms with E-state index in [4.69, 9.17) is 0 Å². The van der Waals surface area contributed by atoms with E-state index < -0.39 is 0 Å². The lowest BCUT2D eigenvalue weighted by atomic mass is 9.94. The zero-order valence-electron chi connectivity index (χ0n) is 17.1. The van der Waals surface area contributed by atoms with Gasteiger partial charge in [0.05, 0.1) is 6.04 Å². The molecule has 1 aromatic rings. The molecule has 0 radical (unpaired) electrons. The van der Waals surface area contributed by atoms with E-state index in [2.05, 4.69) is 10.2 Å². The summed E-state index contributed by atoms with van der Waals surface area (Å²) >= 11 is 0. The Kier molecular flexibility index (Phi) is 6.48. The Morgan fingerprint density at radius 1 is 0.966 bits per heavy atom. The molecule has 5 nitrogen and oxygen atoms in total. The molecular formula is C23H32FN3O2. The minimum absolute atomic E-state index is 0.0435. The summed E-state index contributed by atoms with van der Waals surface area (Å²) < 4.78 is 13.5. The molecule has 3 fully saturated rings. The molecule has 1 atom stereocenters. The summed E-state index contributed by atoms with van der Waals surface area (Å²) in [7, 11) is 0. The Morgan fingerprint density at radius 2 is 1.62 bits per heavy atom. The number of hydrogen-bond donors (Lipinski definition) is 1. The number of halogens is 1. The van der Waals surface area contributed by atoms with Gasteiger partial charge in [0.1, 0.15) is 5.82 Å². The summed E-state index contributed by atoms with van der Waals surface area (Å²) in [5.74, 6) is 0.463. The molecule has 158 valence electrons. The van der Waals surface area contributed by atoms with Crippen molar-refractivity contribution in [3.8, 4) is 0 Å². The third-order valence-corrected chi connectivity index (χ3v) is 6.93. The van der Waals surface area contributed by atoms with Gasteiger partial charge in [-0.25, -0.2) is 4.39 Å². The maximum Gasteiger partial charge on any atom is 0.242 e. The van der Waals surface area contributed by atoms with Crippen molar-refractivity contribution in [3.05, 3.63) is 30.1 Å². The fraction of sp³-hybridized carbons (Fsp3) is 0.652. The predicted molar refractivity (Wildman–Crippen MR) is 111 cm³/mol. The van der Waals surface area contributed by atoms with E-state index in [0.29, 0.717) is 30.6 Å². The molecule has 29 heavy (non-hydrogen) atoms. The largest absolute Gasteiger partial charge is 0.340 e. The first-order chi connectivity index (χ1) is 14.1. The molecule has 1 saturated heterocycles. The molecule has 0 unspecified atom stereocenters. The molecule has 0 bridgehead atoms. The van der Waals surface area contributed by atoms with Crippen LogP contribution in [0.3, 0.4) is 0 Å². The molecule has 1 N–H and O–H groups in total. The van der Waals surface area contributed by atoms with Gasteiger partial charge < -0.3 is 10.2 Å². The number of piperazine rings is 1. The molecule has 0 spiro atoms. The summed E-state index contributed by atoms with van der Waals surface area (Å²) in [5, 5.41) is 2.93. The monoisotopic (exact) mass is 401 g/mol. The van der Waals surface area contributed by atoms with Crippen LogP contribution in [0.15, 0.2) is 24.3 Å². The molecule has 2 saturated carbocycles. The van der Waals surface area contributed by atoms with Gasteiger partial charge >= 0.3 is 0 Å². The van der Waals surface area contributed by atoms with Crippen molar-refractivity contribution < 1.29 is 14.0 Å². The highest BCUT2D eigenvalue weighted by Gasteiger charge is 2.38. The van der Waals surface area contributed by atoms with Crippen LogP contribution >= 0.6 is 0 Å². The number of hydrogen-bond acceptors (Lipinski definition) is 3. The van der Waals surface area contributed by atoms with Crippen LogP contribution in [-0.4, -0.2) is 53.8 Å². The van der Waals surface area contributed by atoms with Crippen LogP contribution in [0, 0.1) is 17.7 Å². The summed E-state index contributed by atoms with van der Waals surface area (Å²) in [5.41, 5.74) is 0.507. The summed E-state index contributed by atoms with van der Waals surface area (Å²) in [4.78, 5) is 30.2. The second-order valence-electron chi connectivity index (χ2n) is 8.83. The van der Waals surface area contributed by atoms with Gasteiger partial charge in [-0.2, -0.15) is 0 Å². The fourth-order valence-corrected chi connectivity index (χ4v) is 5.39. The Labute approximate surface area is 172 Å². The van der Waals surface area contributed by atoms with E-state index >= 15 is 0 Å². The molecule has 1 aromatic carbocycles. The molecule has 2 amide bonds. The summed E-state index contributed by atoms with van der Waals surface area (Å²) in [6.45, 7) is 2.87. The predicted octanol–water partition coefficient (Wildman–Crippen LogP) is 3.66. The van der Waals surface area contributed by atoms with Crippen LogP contribution in [0.1, 0.15) is 51.4 Å². The minimum atomic E-state index is -0.348. The molecule has 2 aliphatic carbocycles. The topological polar surface area (TPSA) is 52.7 Å². The number of nitrogens with zero attached hydrogens (tertiary/aromatic N) is 2. The summed E-state index contributed by atoms with van der Waals surface area (Å²) in [6.07, 6.45) is 8.83. The smallest absolute Gasteiger partial charge is 0.242 e. The normalized spacial score (nSPS) is 22.7. The standard InChI is InChI=1S/C23H32FN3O2/c24-19-10-5-11-20(16-19)25-22(28)21(17-6-1-2-7-17)26-12-14-27(15-13-26)23(29)18-8-3-4-9-18/h5,10-11,16-18,21H,1-4,6-9,12-15H2,(H,25,28)/t21-/m0/s1. The van der Waals surface area contributed by atoms with Gasteiger partial charge in [-0.05, 0) is 49.8 Å². The number of benzene rings is 1. The van der Waals surface area contributed by atoms with Gasteiger partial charge in [0.2, 0.25) is 11.8 Å². The van der Waals surface area contributed by atoms with Crippen LogP contribution in [0.2, 0.25) is 0 Å². The van der Waals surface area contributed by atoms with Crippen molar-refractivity contribution >= 4 is 17.5 Å². The van der Waals surface area contributed by atoms with Crippen LogP contribution in [0.5, 0.6) is 0 Å². The number of anilines is 1. The van der Waals surface area contributed by atoms with Crippen LogP contribution < -0.4 is 5.32 Å². The first kappa shape index (κ1) is 20.3. The van der Waals surface area contributed by atoms with E-state index in [1.165, 1.54) is 25.0 Å². The Hall–Kier alpha value is -1.95. The lowest BCUT2D eigenvalue weighted by Crippen LogP contribution is -2.57. The second kappa shape index (κ2) is 9.24. The third-order valence-electron chi connectivity index (χ3n) is 6.93. The van der Waals surface area contributed by atoms with Gasteiger partial charge in [0.15, 0.2) is 0 Å². The Balaban J connectivity index is 1.40. The average molecular weight is 402 g/mol. The highest BCUT2D eigenvalue weighted by Crippen LogP contribution is 2.32.